The van der Waals surface area contributed by atoms with E-state index in [4.69, 9.17) is 0 Å². The van der Waals surface area contributed by atoms with Crippen molar-refractivity contribution in [2.45, 2.75) is 44.4 Å². The van der Waals surface area contributed by atoms with Gasteiger partial charge in [0, 0.05) is 45.6 Å². The zero-order valence-electron chi connectivity index (χ0n) is 15.9. The lowest BCUT2D eigenvalue weighted by Crippen LogP contribution is -2.43. The first-order valence-corrected chi connectivity index (χ1v) is 10.0. The molecule has 2 aliphatic rings. The summed E-state index contributed by atoms with van der Waals surface area (Å²) in [6, 6.07) is 10.7. The maximum absolute atomic E-state index is 12.0. The van der Waals surface area contributed by atoms with E-state index in [-0.39, 0.29) is 5.91 Å². The van der Waals surface area contributed by atoms with Gasteiger partial charge in [-0.25, -0.2) is 0 Å². The lowest BCUT2D eigenvalue weighted by molar-refractivity contribution is -0.121. The van der Waals surface area contributed by atoms with E-state index in [1.807, 2.05) is 7.05 Å². The van der Waals surface area contributed by atoms with Crippen LogP contribution in [0.25, 0.3) is 0 Å². The molecule has 0 spiro atoms. The van der Waals surface area contributed by atoms with Gasteiger partial charge in [-0.3, -0.25) is 9.79 Å². The second-order valence-electron chi connectivity index (χ2n) is 7.52. The summed E-state index contributed by atoms with van der Waals surface area (Å²) in [6.07, 6.45) is 6.86. The number of nitrogens with zero attached hydrogens (tertiary/aromatic N) is 2. The second kappa shape index (κ2) is 9.60. The largest absolute Gasteiger partial charge is 0.354 e. The lowest BCUT2D eigenvalue weighted by atomic mass is 9.99. The zero-order chi connectivity index (χ0) is 18.2. The highest BCUT2D eigenvalue weighted by Crippen LogP contribution is 2.27. The van der Waals surface area contributed by atoms with Crippen LogP contribution in [-0.2, 0) is 4.79 Å². The van der Waals surface area contributed by atoms with E-state index in [9.17, 15) is 4.79 Å². The van der Waals surface area contributed by atoms with Gasteiger partial charge in [-0.2, -0.15) is 0 Å². The number of guanidine groups is 1. The van der Waals surface area contributed by atoms with Crippen LogP contribution in [0.5, 0.6) is 0 Å². The van der Waals surface area contributed by atoms with Crippen LogP contribution >= 0.6 is 0 Å². The summed E-state index contributed by atoms with van der Waals surface area (Å²) in [4.78, 5) is 18.7. The van der Waals surface area contributed by atoms with Crippen molar-refractivity contribution in [1.29, 1.82) is 0 Å². The Hall–Kier alpha value is -2.04. The van der Waals surface area contributed by atoms with Crippen LogP contribution in [0, 0.1) is 5.92 Å². The number of hydrogen-bond acceptors (Lipinski definition) is 2. The summed E-state index contributed by atoms with van der Waals surface area (Å²) in [5.74, 6) is 2.31. The van der Waals surface area contributed by atoms with Gasteiger partial charge in [-0.15, -0.1) is 0 Å². The normalized spacial score (nSPS) is 21.2. The first kappa shape index (κ1) is 18.7. The van der Waals surface area contributed by atoms with E-state index in [0.717, 1.165) is 32.0 Å². The minimum Gasteiger partial charge on any atom is -0.354 e. The Bertz CT molecular complexity index is 595. The highest BCUT2D eigenvalue weighted by Gasteiger charge is 2.25. The molecule has 1 atom stereocenters. The third kappa shape index (κ3) is 5.23. The minimum absolute atomic E-state index is 0.194. The van der Waals surface area contributed by atoms with Gasteiger partial charge in [0.25, 0.3) is 0 Å². The molecule has 142 valence electrons. The molecule has 1 unspecified atom stereocenters. The molecule has 2 fully saturated rings. The molecule has 1 saturated heterocycles. The van der Waals surface area contributed by atoms with Crippen molar-refractivity contribution in [2.75, 3.05) is 33.2 Å². The topological polar surface area (TPSA) is 56.7 Å². The molecule has 1 amide bonds. The Labute approximate surface area is 157 Å². The molecule has 0 radical (unpaired) electrons. The van der Waals surface area contributed by atoms with E-state index >= 15 is 0 Å². The van der Waals surface area contributed by atoms with Crippen LogP contribution in [0.4, 0.5) is 0 Å². The number of aliphatic imine (C=N–C) groups is 1. The Morgan fingerprint density at radius 2 is 1.85 bits per heavy atom. The van der Waals surface area contributed by atoms with Gasteiger partial charge in [0.1, 0.15) is 0 Å². The molecule has 0 bridgehead atoms. The molecule has 2 N–H and O–H groups in total. The average molecular weight is 357 g/mol. The van der Waals surface area contributed by atoms with Gasteiger partial charge >= 0.3 is 0 Å². The third-order valence-corrected chi connectivity index (χ3v) is 5.65. The lowest BCUT2D eigenvalue weighted by Gasteiger charge is -2.22. The first-order valence-electron chi connectivity index (χ1n) is 10.0. The van der Waals surface area contributed by atoms with E-state index in [0.29, 0.717) is 24.8 Å². The molecule has 26 heavy (non-hydrogen) atoms. The predicted octanol–water partition coefficient (Wildman–Crippen LogP) is 2.75. The Morgan fingerprint density at radius 1 is 1.12 bits per heavy atom. The molecule has 3 rings (SSSR count). The number of likely N-dealkylation sites (tertiary alicyclic amines) is 1. The first-order chi connectivity index (χ1) is 12.8. The molecule has 1 aliphatic carbocycles. The summed E-state index contributed by atoms with van der Waals surface area (Å²) in [7, 11) is 1.83. The highest BCUT2D eigenvalue weighted by molar-refractivity contribution is 5.80. The summed E-state index contributed by atoms with van der Waals surface area (Å²) < 4.78 is 0. The Balaban J connectivity index is 1.36. The van der Waals surface area contributed by atoms with E-state index in [1.54, 1.807) is 0 Å². The number of amides is 1. The average Bonchev–Trinajstić information content (AvgIpc) is 3.35. The van der Waals surface area contributed by atoms with Gasteiger partial charge in [-0.1, -0.05) is 43.2 Å². The van der Waals surface area contributed by atoms with E-state index < -0.39 is 0 Å². The van der Waals surface area contributed by atoms with Gasteiger partial charge in [0.05, 0.1) is 0 Å². The van der Waals surface area contributed by atoms with Crippen LogP contribution in [0.2, 0.25) is 0 Å². The number of rotatable bonds is 6. The van der Waals surface area contributed by atoms with Crippen LogP contribution in [0.1, 0.15) is 50.0 Å². The number of nitrogens with one attached hydrogen (secondary N) is 2. The fourth-order valence-corrected chi connectivity index (χ4v) is 4.21. The maximum atomic E-state index is 12.0. The van der Waals surface area contributed by atoms with Crippen molar-refractivity contribution in [3.63, 3.8) is 0 Å². The van der Waals surface area contributed by atoms with Crippen LogP contribution in [0.3, 0.4) is 0 Å². The summed E-state index contributed by atoms with van der Waals surface area (Å²) in [5, 5.41) is 6.43. The fraction of sp³-hybridized carbons (Fsp3) is 0.619. The molecule has 5 nitrogen and oxygen atoms in total. The summed E-state index contributed by atoms with van der Waals surface area (Å²) in [5.41, 5.74) is 1.41. The van der Waals surface area contributed by atoms with Crippen LogP contribution < -0.4 is 10.6 Å². The summed E-state index contributed by atoms with van der Waals surface area (Å²) in [6.45, 7) is 3.39. The molecule has 1 aliphatic heterocycles. The quantitative estimate of drug-likeness (QED) is 0.468. The van der Waals surface area contributed by atoms with Gasteiger partial charge in [-0.05, 0) is 30.7 Å². The molecular formula is C21H32N4O. The van der Waals surface area contributed by atoms with Crippen molar-refractivity contribution in [3.05, 3.63) is 35.9 Å². The zero-order valence-corrected chi connectivity index (χ0v) is 15.9. The number of hydrogen-bond donors (Lipinski definition) is 2. The van der Waals surface area contributed by atoms with E-state index in [2.05, 4.69) is 50.9 Å². The number of carbonyl (C=O) groups excluding carboxylic acids is 1. The van der Waals surface area contributed by atoms with Gasteiger partial charge in [0.15, 0.2) is 5.96 Å². The van der Waals surface area contributed by atoms with Crippen molar-refractivity contribution in [3.8, 4) is 0 Å². The molecule has 5 heteroatoms. The van der Waals surface area contributed by atoms with Crippen molar-refractivity contribution >= 4 is 11.9 Å². The minimum atomic E-state index is 0.194. The van der Waals surface area contributed by atoms with Crippen molar-refractivity contribution in [2.24, 2.45) is 10.9 Å². The Kier molecular flexibility index (Phi) is 6.92. The molecule has 1 saturated carbocycles. The second-order valence-corrected chi connectivity index (χ2v) is 7.52. The molecule has 1 heterocycles. The molecule has 1 aromatic carbocycles. The Morgan fingerprint density at radius 3 is 2.58 bits per heavy atom. The summed E-state index contributed by atoms with van der Waals surface area (Å²) >= 11 is 0. The van der Waals surface area contributed by atoms with E-state index in [1.165, 1.54) is 31.2 Å². The SMILES string of the molecule is CN=C(NCCNC(=O)CC1CCCC1)N1CCC(c2ccccc2)C1. The number of carbonyl (C=O) groups is 1. The smallest absolute Gasteiger partial charge is 0.220 e. The van der Waals surface area contributed by atoms with Crippen molar-refractivity contribution < 1.29 is 4.79 Å². The van der Waals surface area contributed by atoms with Crippen LogP contribution in [-0.4, -0.2) is 50.0 Å². The monoisotopic (exact) mass is 356 g/mol. The molecule has 0 aromatic heterocycles. The maximum Gasteiger partial charge on any atom is 0.220 e. The molecule has 1 aromatic rings. The van der Waals surface area contributed by atoms with Gasteiger partial charge in [0.2, 0.25) is 5.91 Å². The van der Waals surface area contributed by atoms with Gasteiger partial charge < -0.3 is 15.5 Å². The third-order valence-electron chi connectivity index (χ3n) is 5.65. The fourth-order valence-electron chi connectivity index (χ4n) is 4.21. The molecular weight excluding hydrogens is 324 g/mol. The predicted molar refractivity (Wildman–Crippen MR) is 106 cm³/mol. The van der Waals surface area contributed by atoms with Crippen LogP contribution in [0.15, 0.2) is 35.3 Å². The highest BCUT2D eigenvalue weighted by atomic mass is 16.1. The van der Waals surface area contributed by atoms with Crippen molar-refractivity contribution in [1.82, 2.24) is 15.5 Å². The number of benzene rings is 1. The standard InChI is InChI=1S/C21H32N4O/c1-22-21(24-13-12-23-20(26)15-17-7-5-6-8-17)25-14-11-19(16-25)18-9-3-2-4-10-18/h2-4,9-10,17,19H,5-8,11-16H2,1H3,(H,22,24)(H,23,26).